The number of benzene rings is 2. The third-order valence-corrected chi connectivity index (χ3v) is 4.82. The quantitative estimate of drug-likeness (QED) is 0.654. The molecule has 0 fully saturated rings. The normalized spacial score (nSPS) is 12.5. The zero-order chi connectivity index (χ0) is 19.3. The standard InChI is InChI=1S/C22H29ClN2O/c1-14(2)19-8-6-7-16(5)22(19)25-20(26)13-24-21(15(3)4)17-9-11-18(23)12-10-17/h6-12,14-15,21,24H,13H2,1-5H3,(H,25,26). The zero-order valence-electron chi connectivity index (χ0n) is 16.3. The van der Waals surface area contributed by atoms with Crippen LogP contribution in [0.15, 0.2) is 42.5 Å². The predicted molar refractivity (Wildman–Crippen MR) is 111 cm³/mol. The molecule has 0 aliphatic carbocycles. The van der Waals surface area contributed by atoms with Crippen LogP contribution in [-0.2, 0) is 4.79 Å². The first-order chi connectivity index (χ1) is 12.3. The highest BCUT2D eigenvalue weighted by atomic mass is 35.5. The second kappa shape index (κ2) is 9.20. The molecule has 2 N–H and O–H groups in total. The van der Waals surface area contributed by atoms with Crippen molar-refractivity contribution < 1.29 is 4.79 Å². The number of hydrogen-bond donors (Lipinski definition) is 2. The Morgan fingerprint density at radius 3 is 2.27 bits per heavy atom. The number of aryl methyl sites for hydroxylation is 1. The Bertz CT molecular complexity index is 738. The summed E-state index contributed by atoms with van der Waals surface area (Å²) in [6, 6.07) is 14.0. The summed E-state index contributed by atoms with van der Waals surface area (Å²) in [5.74, 6) is 0.685. The molecular formula is C22H29ClN2O. The van der Waals surface area contributed by atoms with Gasteiger partial charge in [0.05, 0.1) is 6.54 Å². The van der Waals surface area contributed by atoms with E-state index in [1.54, 1.807) is 0 Å². The van der Waals surface area contributed by atoms with Crippen LogP contribution in [0.1, 0.15) is 56.3 Å². The maximum Gasteiger partial charge on any atom is 0.238 e. The molecule has 2 rings (SSSR count). The van der Waals surface area contributed by atoms with E-state index in [9.17, 15) is 4.79 Å². The minimum atomic E-state index is -0.0270. The number of amides is 1. The Morgan fingerprint density at radius 2 is 1.69 bits per heavy atom. The fourth-order valence-corrected chi connectivity index (χ4v) is 3.26. The molecule has 0 aliphatic rings. The van der Waals surface area contributed by atoms with Crippen molar-refractivity contribution in [2.75, 3.05) is 11.9 Å². The smallest absolute Gasteiger partial charge is 0.238 e. The molecule has 0 heterocycles. The molecule has 0 bridgehead atoms. The maximum absolute atomic E-state index is 12.6. The number of para-hydroxylation sites is 1. The van der Waals surface area contributed by atoms with Crippen LogP contribution in [0.3, 0.4) is 0 Å². The summed E-state index contributed by atoms with van der Waals surface area (Å²) in [6.45, 7) is 10.8. The van der Waals surface area contributed by atoms with Crippen molar-refractivity contribution in [3.63, 3.8) is 0 Å². The lowest BCUT2D eigenvalue weighted by Crippen LogP contribution is -2.34. The third-order valence-electron chi connectivity index (χ3n) is 4.57. The van der Waals surface area contributed by atoms with E-state index in [0.29, 0.717) is 11.8 Å². The molecule has 0 spiro atoms. The van der Waals surface area contributed by atoms with E-state index in [2.05, 4.69) is 44.4 Å². The molecule has 1 amide bonds. The van der Waals surface area contributed by atoms with Crippen molar-refractivity contribution in [1.29, 1.82) is 0 Å². The molecule has 0 aliphatic heterocycles. The first-order valence-electron chi connectivity index (χ1n) is 9.17. The van der Waals surface area contributed by atoms with Crippen LogP contribution >= 0.6 is 11.6 Å². The van der Waals surface area contributed by atoms with Crippen molar-refractivity contribution in [3.05, 3.63) is 64.2 Å². The Hall–Kier alpha value is -1.84. The first kappa shape index (κ1) is 20.5. The van der Waals surface area contributed by atoms with Crippen LogP contribution < -0.4 is 10.6 Å². The van der Waals surface area contributed by atoms with Crippen LogP contribution in [0.2, 0.25) is 5.02 Å². The average Bonchev–Trinajstić information content (AvgIpc) is 2.58. The van der Waals surface area contributed by atoms with Crippen LogP contribution in [0, 0.1) is 12.8 Å². The number of carbonyl (C=O) groups is 1. The van der Waals surface area contributed by atoms with Crippen LogP contribution in [-0.4, -0.2) is 12.5 Å². The van der Waals surface area contributed by atoms with Gasteiger partial charge in [-0.1, -0.05) is 69.6 Å². The minimum Gasteiger partial charge on any atom is -0.324 e. The topological polar surface area (TPSA) is 41.1 Å². The summed E-state index contributed by atoms with van der Waals surface area (Å²) < 4.78 is 0. The van der Waals surface area contributed by atoms with E-state index in [-0.39, 0.29) is 18.5 Å². The molecule has 1 atom stereocenters. The Labute approximate surface area is 162 Å². The molecule has 3 nitrogen and oxygen atoms in total. The van der Waals surface area contributed by atoms with Crippen LogP contribution in [0.4, 0.5) is 5.69 Å². The molecule has 140 valence electrons. The first-order valence-corrected chi connectivity index (χ1v) is 9.55. The molecule has 4 heteroatoms. The molecule has 26 heavy (non-hydrogen) atoms. The second-order valence-corrected chi connectivity index (χ2v) is 7.83. The average molecular weight is 373 g/mol. The van der Waals surface area contributed by atoms with Gasteiger partial charge in [-0.2, -0.15) is 0 Å². The molecular weight excluding hydrogens is 344 g/mol. The van der Waals surface area contributed by atoms with Crippen molar-refractivity contribution in [1.82, 2.24) is 5.32 Å². The zero-order valence-corrected chi connectivity index (χ0v) is 17.0. The summed E-state index contributed by atoms with van der Waals surface area (Å²) in [5, 5.41) is 7.20. The monoisotopic (exact) mass is 372 g/mol. The molecule has 0 aromatic heterocycles. The lowest BCUT2D eigenvalue weighted by atomic mass is 9.96. The largest absolute Gasteiger partial charge is 0.324 e. The lowest BCUT2D eigenvalue weighted by Gasteiger charge is -2.23. The van der Waals surface area contributed by atoms with Gasteiger partial charge in [-0.3, -0.25) is 4.79 Å². The van der Waals surface area contributed by atoms with Gasteiger partial charge in [0.15, 0.2) is 0 Å². The van der Waals surface area contributed by atoms with Gasteiger partial charge in [0.2, 0.25) is 5.91 Å². The maximum atomic E-state index is 12.6. The number of nitrogens with one attached hydrogen (secondary N) is 2. The highest BCUT2D eigenvalue weighted by Gasteiger charge is 2.18. The number of hydrogen-bond acceptors (Lipinski definition) is 2. The fourth-order valence-electron chi connectivity index (χ4n) is 3.14. The minimum absolute atomic E-state index is 0.0270. The van der Waals surface area contributed by atoms with Gasteiger partial charge in [-0.15, -0.1) is 0 Å². The molecule has 2 aromatic carbocycles. The third kappa shape index (κ3) is 5.33. The summed E-state index contributed by atoms with van der Waals surface area (Å²) >= 11 is 5.98. The van der Waals surface area contributed by atoms with E-state index in [0.717, 1.165) is 27.4 Å². The SMILES string of the molecule is Cc1cccc(C(C)C)c1NC(=O)CNC(c1ccc(Cl)cc1)C(C)C. The number of carbonyl (C=O) groups excluding carboxylic acids is 1. The summed E-state index contributed by atoms with van der Waals surface area (Å²) in [5.41, 5.74) is 4.32. The predicted octanol–water partition coefficient (Wildman–Crippen LogP) is 5.70. The van der Waals surface area contributed by atoms with Gasteiger partial charge < -0.3 is 10.6 Å². The molecule has 0 radical (unpaired) electrons. The van der Waals surface area contributed by atoms with E-state index >= 15 is 0 Å². The Kier molecular flexibility index (Phi) is 7.24. The molecule has 1 unspecified atom stereocenters. The summed E-state index contributed by atoms with van der Waals surface area (Å²) in [6.07, 6.45) is 0. The van der Waals surface area contributed by atoms with E-state index in [1.807, 2.05) is 43.3 Å². The number of rotatable bonds is 7. The second-order valence-electron chi connectivity index (χ2n) is 7.40. The van der Waals surface area contributed by atoms with Gasteiger partial charge in [0.25, 0.3) is 0 Å². The highest BCUT2D eigenvalue weighted by Crippen LogP contribution is 2.27. The van der Waals surface area contributed by atoms with Crippen LogP contribution in [0.5, 0.6) is 0 Å². The molecule has 0 saturated heterocycles. The van der Waals surface area contributed by atoms with E-state index in [1.165, 1.54) is 0 Å². The van der Waals surface area contributed by atoms with Gasteiger partial charge in [0, 0.05) is 16.8 Å². The van der Waals surface area contributed by atoms with Crippen molar-refractivity contribution in [2.45, 2.75) is 46.6 Å². The van der Waals surface area contributed by atoms with E-state index in [4.69, 9.17) is 11.6 Å². The van der Waals surface area contributed by atoms with Gasteiger partial charge in [-0.05, 0) is 47.6 Å². The highest BCUT2D eigenvalue weighted by molar-refractivity contribution is 6.30. The van der Waals surface area contributed by atoms with Crippen molar-refractivity contribution in [3.8, 4) is 0 Å². The fraction of sp³-hybridized carbons (Fsp3) is 0.409. The van der Waals surface area contributed by atoms with Gasteiger partial charge in [-0.25, -0.2) is 0 Å². The summed E-state index contributed by atoms with van der Waals surface area (Å²) in [4.78, 5) is 12.6. The van der Waals surface area contributed by atoms with E-state index < -0.39 is 0 Å². The van der Waals surface area contributed by atoms with Gasteiger partial charge in [0.1, 0.15) is 0 Å². The Morgan fingerprint density at radius 1 is 1.04 bits per heavy atom. The van der Waals surface area contributed by atoms with Gasteiger partial charge >= 0.3 is 0 Å². The molecule has 2 aromatic rings. The lowest BCUT2D eigenvalue weighted by molar-refractivity contribution is -0.115. The Balaban J connectivity index is 2.07. The van der Waals surface area contributed by atoms with Crippen LogP contribution in [0.25, 0.3) is 0 Å². The molecule has 0 saturated carbocycles. The van der Waals surface area contributed by atoms with Crippen molar-refractivity contribution >= 4 is 23.2 Å². The summed E-state index contributed by atoms with van der Waals surface area (Å²) in [7, 11) is 0. The van der Waals surface area contributed by atoms with Crippen molar-refractivity contribution in [2.24, 2.45) is 5.92 Å². The number of anilines is 1. The number of halogens is 1.